The summed E-state index contributed by atoms with van der Waals surface area (Å²) < 4.78 is 17.4. The maximum Gasteiger partial charge on any atom is 0.336 e. The zero-order valence-corrected chi connectivity index (χ0v) is 17.5. The van der Waals surface area contributed by atoms with Gasteiger partial charge in [-0.15, -0.1) is 0 Å². The van der Waals surface area contributed by atoms with Crippen LogP contribution in [0.25, 0.3) is 22.2 Å². The van der Waals surface area contributed by atoms with Crippen molar-refractivity contribution >= 4 is 32.8 Å². The number of aromatic nitrogens is 1. The number of fused-ring (bicyclic) bond motifs is 1. The molecule has 146 valence electrons. The molecule has 2 aromatic carbocycles. The second kappa shape index (κ2) is 8.06. The molecule has 0 aliphatic carbocycles. The fourth-order valence-electron chi connectivity index (χ4n) is 2.93. The summed E-state index contributed by atoms with van der Waals surface area (Å²) in [6.45, 7) is 3.85. The molecule has 3 aromatic rings. The van der Waals surface area contributed by atoms with Gasteiger partial charge in [-0.1, -0.05) is 12.1 Å². The highest BCUT2D eigenvalue weighted by Crippen LogP contribution is 2.41. The van der Waals surface area contributed by atoms with Gasteiger partial charge in [0.25, 0.3) is 0 Å². The van der Waals surface area contributed by atoms with Gasteiger partial charge in [-0.3, -0.25) is 0 Å². The van der Waals surface area contributed by atoms with Crippen molar-refractivity contribution in [2.45, 2.75) is 20.0 Å². The molecule has 1 heterocycles. The van der Waals surface area contributed by atoms with E-state index >= 15 is 0 Å². The van der Waals surface area contributed by atoms with E-state index in [0.29, 0.717) is 43.9 Å². The number of carbonyl (C=O) groups is 1. The van der Waals surface area contributed by atoms with E-state index in [1.165, 1.54) is 7.11 Å². The standard InChI is InChI=1S/C21H20BrNO5/c1-11(2)28-20-15(22)8-12(9-18(20)27-4)16-10-14(21(24)25)13-6-5-7-17(26-3)19(13)23-16/h5-11H,1-4H3,(H,24,25). The lowest BCUT2D eigenvalue weighted by Crippen LogP contribution is -2.07. The predicted molar refractivity (Wildman–Crippen MR) is 111 cm³/mol. The molecular weight excluding hydrogens is 426 g/mol. The monoisotopic (exact) mass is 445 g/mol. The Balaban J connectivity index is 2.26. The number of hydrogen-bond acceptors (Lipinski definition) is 5. The number of carboxylic acids is 1. The molecule has 0 aliphatic rings. The number of hydrogen-bond donors (Lipinski definition) is 1. The van der Waals surface area contributed by atoms with Crippen LogP contribution in [0.15, 0.2) is 40.9 Å². The van der Waals surface area contributed by atoms with E-state index in [9.17, 15) is 9.90 Å². The highest BCUT2D eigenvalue weighted by molar-refractivity contribution is 9.10. The Bertz CT molecular complexity index is 1050. The number of para-hydroxylation sites is 1. The first-order chi connectivity index (χ1) is 13.3. The van der Waals surface area contributed by atoms with E-state index in [-0.39, 0.29) is 11.7 Å². The van der Waals surface area contributed by atoms with Crippen molar-refractivity contribution in [3.05, 3.63) is 46.4 Å². The predicted octanol–water partition coefficient (Wildman–Crippen LogP) is 5.17. The van der Waals surface area contributed by atoms with Crippen LogP contribution in [0.3, 0.4) is 0 Å². The minimum atomic E-state index is -1.03. The van der Waals surface area contributed by atoms with Crippen LogP contribution in [0.5, 0.6) is 17.2 Å². The lowest BCUT2D eigenvalue weighted by Gasteiger charge is -2.17. The molecule has 6 nitrogen and oxygen atoms in total. The number of benzene rings is 2. The summed E-state index contributed by atoms with van der Waals surface area (Å²) in [5, 5.41) is 10.2. The third kappa shape index (κ3) is 3.75. The van der Waals surface area contributed by atoms with Crippen molar-refractivity contribution < 1.29 is 24.1 Å². The van der Waals surface area contributed by atoms with Gasteiger partial charge >= 0.3 is 5.97 Å². The van der Waals surface area contributed by atoms with Gasteiger partial charge < -0.3 is 19.3 Å². The maximum atomic E-state index is 11.8. The van der Waals surface area contributed by atoms with Gasteiger partial charge in [0.05, 0.1) is 36.1 Å². The molecule has 0 fully saturated rings. The molecular formula is C21H20BrNO5. The van der Waals surface area contributed by atoms with Crippen molar-refractivity contribution in [2.24, 2.45) is 0 Å². The number of ether oxygens (including phenoxy) is 3. The molecule has 0 saturated carbocycles. The average Bonchev–Trinajstić information content (AvgIpc) is 2.67. The van der Waals surface area contributed by atoms with E-state index in [1.807, 2.05) is 19.9 Å². The first-order valence-electron chi connectivity index (χ1n) is 8.61. The average molecular weight is 446 g/mol. The smallest absolute Gasteiger partial charge is 0.336 e. The molecule has 0 unspecified atom stereocenters. The van der Waals surface area contributed by atoms with Crippen LogP contribution in [-0.4, -0.2) is 36.4 Å². The third-order valence-electron chi connectivity index (χ3n) is 4.13. The number of nitrogens with zero attached hydrogens (tertiary/aromatic N) is 1. The Hall–Kier alpha value is -2.80. The van der Waals surface area contributed by atoms with Gasteiger partial charge in [0.15, 0.2) is 11.5 Å². The number of methoxy groups -OCH3 is 2. The molecule has 0 radical (unpaired) electrons. The van der Waals surface area contributed by atoms with Crippen molar-refractivity contribution in [3.8, 4) is 28.5 Å². The lowest BCUT2D eigenvalue weighted by molar-refractivity contribution is 0.0699. The first-order valence-corrected chi connectivity index (χ1v) is 9.40. The summed E-state index contributed by atoms with van der Waals surface area (Å²) >= 11 is 3.52. The molecule has 28 heavy (non-hydrogen) atoms. The Morgan fingerprint density at radius 3 is 2.43 bits per heavy atom. The summed E-state index contributed by atoms with van der Waals surface area (Å²) in [4.78, 5) is 16.5. The molecule has 0 spiro atoms. The van der Waals surface area contributed by atoms with E-state index in [0.717, 1.165) is 0 Å². The molecule has 0 amide bonds. The Labute approximate surface area is 171 Å². The van der Waals surface area contributed by atoms with E-state index in [2.05, 4.69) is 20.9 Å². The second-order valence-corrected chi connectivity index (χ2v) is 7.23. The fourth-order valence-corrected chi connectivity index (χ4v) is 3.46. The Kier molecular flexibility index (Phi) is 5.74. The molecule has 0 saturated heterocycles. The topological polar surface area (TPSA) is 77.9 Å². The van der Waals surface area contributed by atoms with Gasteiger partial charge in [-0.25, -0.2) is 9.78 Å². The summed E-state index contributed by atoms with van der Waals surface area (Å²) in [5.41, 5.74) is 1.81. The highest BCUT2D eigenvalue weighted by Gasteiger charge is 2.19. The van der Waals surface area contributed by atoms with Crippen molar-refractivity contribution in [3.63, 3.8) is 0 Å². The third-order valence-corrected chi connectivity index (χ3v) is 4.72. The first kappa shape index (κ1) is 19.9. The van der Waals surface area contributed by atoms with Gasteiger partial charge in [0.2, 0.25) is 0 Å². The number of carboxylic acid groups (broad SMARTS) is 1. The summed E-state index contributed by atoms with van der Waals surface area (Å²) in [5.74, 6) is 0.579. The lowest BCUT2D eigenvalue weighted by atomic mass is 10.0. The van der Waals surface area contributed by atoms with Gasteiger partial charge in [-0.05, 0) is 54.0 Å². The van der Waals surface area contributed by atoms with E-state index < -0.39 is 5.97 Å². The molecule has 1 N–H and O–H groups in total. The zero-order chi connectivity index (χ0) is 20.4. The number of aromatic carboxylic acids is 1. The van der Waals surface area contributed by atoms with Crippen molar-refractivity contribution in [1.29, 1.82) is 0 Å². The minimum absolute atomic E-state index is 0.0299. The quantitative estimate of drug-likeness (QED) is 0.563. The van der Waals surface area contributed by atoms with Gasteiger partial charge in [-0.2, -0.15) is 0 Å². The number of halogens is 1. The number of rotatable bonds is 6. The highest BCUT2D eigenvalue weighted by atomic mass is 79.9. The van der Waals surface area contributed by atoms with Crippen LogP contribution in [0, 0.1) is 0 Å². The summed E-state index contributed by atoms with van der Waals surface area (Å²) in [6.07, 6.45) is -0.0299. The van der Waals surface area contributed by atoms with Gasteiger partial charge in [0.1, 0.15) is 11.3 Å². The normalized spacial score (nSPS) is 10.9. The summed E-state index contributed by atoms with van der Waals surface area (Å²) in [7, 11) is 3.08. The second-order valence-electron chi connectivity index (χ2n) is 6.37. The van der Waals surface area contributed by atoms with Crippen LogP contribution in [0.1, 0.15) is 24.2 Å². The number of pyridine rings is 1. The summed E-state index contributed by atoms with van der Waals surface area (Å²) in [6, 6.07) is 10.4. The molecule has 0 atom stereocenters. The molecule has 0 bridgehead atoms. The molecule has 1 aromatic heterocycles. The van der Waals surface area contributed by atoms with E-state index in [1.54, 1.807) is 37.4 Å². The Morgan fingerprint density at radius 1 is 1.11 bits per heavy atom. The van der Waals surface area contributed by atoms with Crippen LogP contribution in [0.2, 0.25) is 0 Å². The van der Waals surface area contributed by atoms with Crippen LogP contribution in [-0.2, 0) is 0 Å². The molecule has 0 aliphatic heterocycles. The van der Waals surface area contributed by atoms with Crippen molar-refractivity contribution in [2.75, 3.05) is 14.2 Å². The van der Waals surface area contributed by atoms with Crippen LogP contribution >= 0.6 is 15.9 Å². The fraction of sp³-hybridized carbons (Fsp3) is 0.238. The zero-order valence-electron chi connectivity index (χ0n) is 15.9. The van der Waals surface area contributed by atoms with E-state index in [4.69, 9.17) is 14.2 Å². The van der Waals surface area contributed by atoms with Gasteiger partial charge in [0, 0.05) is 10.9 Å². The molecule has 7 heteroatoms. The SMILES string of the molecule is COc1cc(-c2cc(C(=O)O)c3cccc(OC)c3n2)cc(Br)c1OC(C)C. The Morgan fingerprint density at radius 2 is 1.82 bits per heavy atom. The van der Waals surface area contributed by atoms with Crippen molar-refractivity contribution in [1.82, 2.24) is 4.98 Å². The van der Waals surface area contributed by atoms with Crippen LogP contribution < -0.4 is 14.2 Å². The minimum Gasteiger partial charge on any atom is -0.494 e. The largest absolute Gasteiger partial charge is 0.494 e. The van der Waals surface area contributed by atoms with Crippen LogP contribution in [0.4, 0.5) is 0 Å². The molecule has 3 rings (SSSR count). The maximum absolute atomic E-state index is 11.8.